The van der Waals surface area contributed by atoms with Crippen molar-refractivity contribution in [2.24, 2.45) is 5.41 Å². The van der Waals surface area contributed by atoms with Crippen molar-refractivity contribution >= 4 is 5.65 Å². The van der Waals surface area contributed by atoms with Crippen LogP contribution in [0.2, 0.25) is 0 Å². The molecular weight excluding hydrogens is 296 g/mol. The molecule has 1 aliphatic carbocycles. The van der Waals surface area contributed by atoms with Crippen LogP contribution in [0.15, 0.2) is 55.0 Å². The minimum Gasteiger partial charge on any atom is -0.301 e. The van der Waals surface area contributed by atoms with E-state index in [1.54, 1.807) is 0 Å². The Balaban J connectivity index is 1.56. The maximum absolute atomic E-state index is 4.47. The standard InChI is InChI=1S/C20H24N4/c1-19(2)14-20(19,17-8-5-4-6-9-17)15-23(3)13-16-12-22-24-11-7-10-21-18(16)24/h4-12H,13-15H2,1-3H3. The maximum Gasteiger partial charge on any atom is 0.159 e. The monoisotopic (exact) mass is 320 g/mol. The van der Waals surface area contributed by atoms with Crippen LogP contribution in [-0.2, 0) is 12.0 Å². The molecule has 4 nitrogen and oxygen atoms in total. The van der Waals surface area contributed by atoms with Crippen LogP contribution in [0, 0.1) is 5.41 Å². The van der Waals surface area contributed by atoms with E-state index in [2.05, 4.69) is 66.2 Å². The maximum atomic E-state index is 4.47. The van der Waals surface area contributed by atoms with E-state index < -0.39 is 0 Å². The summed E-state index contributed by atoms with van der Waals surface area (Å²) < 4.78 is 1.84. The molecule has 1 aliphatic rings. The van der Waals surface area contributed by atoms with Crippen molar-refractivity contribution in [3.05, 3.63) is 66.1 Å². The SMILES string of the molecule is CN(Cc1cnn2cccnc12)CC1(c2ccccc2)CC1(C)C. The quantitative estimate of drug-likeness (QED) is 0.721. The topological polar surface area (TPSA) is 33.4 Å². The normalized spacial score (nSPS) is 22.2. The third-order valence-corrected chi connectivity index (χ3v) is 5.57. The molecule has 0 saturated heterocycles. The summed E-state index contributed by atoms with van der Waals surface area (Å²) in [4.78, 5) is 6.88. The summed E-state index contributed by atoms with van der Waals surface area (Å²) >= 11 is 0. The highest BCUT2D eigenvalue weighted by molar-refractivity contribution is 5.45. The molecule has 0 radical (unpaired) electrons. The Morgan fingerprint density at radius 3 is 2.62 bits per heavy atom. The molecule has 24 heavy (non-hydrogen) atoms. The van der Waals surface area contributed by atoms with Gasteiger partial charge in [-0.3, -0.25) is 0 Å². The molecule has 3 aromatic rings. The Morgan fingerprint density at radius 1 is 1.17 bits per heavy atom. The zero-order chi connectivity index (χ0) is 16.8. The van der Waals surface area contributed by atoms with Gasteiger partial charge < -0.3 is 4.90 Å². The Hall–Kier alpha value is -2.20. The first-order valence-corrected chi connectivity index (χ1v) is 8.53. The van der Waals surface area contributed by atoms with Crippen molar-refractivity contribution in [2.75, 3.05) is 13.6 Å². The fourth-order valence-electron chi connectivity index (χ4n) is 4.12. The molecule has 0 amide bonds. The van der Waals surface area contributed by atoms with Crippen LogP contribution >= 0.6 is 0 Å². The molecule has 4 heteroatoms. The van der Waals surface area contributed by atoms with Gasteiger partial charge in [-0.2, -0.15) is 5.10 Å². The molecule has 0 bridgehead atoms. The fraction of sp³-hybridized carbons (Fsp3) is 0.400. The number of hydrogen-bond acceptors (Lipinski definition) is 3. The molecule has 0 spiro atoms. The predicted octanol–water partition coefficient (Wildman–Crippen LogP) is 3.53. The number of nitrogens with zero attached hydrogens (tertiary/aromatic N) is 4. The van der Waals surface area contributed by atoms with Gasteiger partial charge >= 0.3 is 0 Å². The number of aromatic nitrogens is 3. The highest BCUT2D eigenvalue weighted by Crippen LogP contribution is 2.64. The van der Waals surface area contributed by atoms with Crippen molar-refractivity contribution in [1.82, 2.24) is 19.5 Å². The molecular formula is C20H24N4. The summed E-state index contributed by atoms with van der Waals surface area (Å²) in [6.07, 6.45) is 6.95. The lowest BCUT2D eigenvalue weighted by Gasteiger charge is -2.27. The third kappa shape index (κ3) is 2.42. The third-order valence-electron chi connectivity index (χ3n) is 5.57. The van der Waals surface area contributed by atoms with E-state index in [9.17, 15) is 0 Å². The lowest BCUT2D eigenvalue weighted by molar-refractivity contribution is 0.272. The van der Waals surface area contributed by atoms with Gasteiger partial charge in [-0.1, -0.05) is 44.2 Å². The molecule has 124 valence electrons. The zero-order valence-corrected chi connectivity index (χ0v) is 14.6. The Morgan fingerprint density at radius 2 is 1.92 bits per heavy atom. The number of benzene rings is 1. The van der Waals surface area contributed by atoms with E-state index in [0.29, 0.717) is 5.41 Å². The second-order valence-corrected chi connectivity index (χ2v) is 7.74. The molecule has 4 rings (SSSR count). The number of fused-ring (bicyclic) bond motifs is 1. The lowest BCUT2D eigenvalue weighted by Crippen LogP contribution is -2.32. The smallest absolute Gasteiger partial charge is 0.159 e. The number of likely N-dealkylation sites (N-methyl/N-ethyl adjacent to an activating group) is 1. The van der Waals surface area contributed by atoms with Gasteiger partial charge in [-0.05, 0) is 30.5 Å². The first kappa shape index (κ1) is 15.3. The Bertz CT molecular complexity index is 852. The van der Waals surface area contributed by atoms with Gasteiger partial charge in [-0.15, -0.1) is 0 Å². The molecule has 0 aliphatic heterocycles. The second-order valence-electron chi connectivity index (χ2n) is 7.74. The first-order valence-electron chi connectivity index (χ1n) is 8.53. The van der Waals surface area contributed by atoms with Crippen molar-refractivity contribution in [3.63, 3.8) is 0 Å². The van der Waals surface area contributed by atoms with E-state index in [4.69, 9.17) is 0 Å². The van der Waals surface area contributed by atoms with Crippen molar-refractivity contribution in [3.8, 4) is 0 Å². The molecule has 1 fully saturated rings. The summed E-state index contributed by atoms with van der Waals surface area (Å²) in [7, 11) is 2.20. The molecule has 2 heterocycles. The van der Waals surface area contributed by atoms with Crippen molar-refractivity contribution in [1.29, 1.82) is 0 Å². The van der Waals surface area contributed by atoms with Crippen LogP contribution in [0.1, 0.15) is 31.4 Å². The van der Waals surface area contributed by atoms with E-state index in [0.717, 1.165) is 18.7 Å². The van der Waals surface area contributed by atoms with E-state index in [1.807, 2.05) is 29.2 Å². The van der Waals surface area contributed by atoms with Gasteiger partial charge in [0.2, 0.25) is 0 Å². The van der Waals surface area contributed by atoms with Crippen LogP contribution in [-0.4, -0.2) is 33.1 Å². The average Bonchev–Trinajstić information content (AvgIpc) is 2.93. The van der Waals surface area contributed by atoms with Crippen LogP contribution in [0.5, 0.6) is 0 Å². The van der Waals surface area contributed by atoms with Gasteiger partial charge in [0.05, 0.1) is 6.20 Å². The van der Waals surface area contributed by atoms with Crippen LogP contribution in [0.3, 0.4) is 0 Å². The van der Waals surface area contributed by atoms with Crippen molar-refractivity contribution < 1.29 is 0 Å². The minimum atomic E-state index is 0.249. The van der Waals surface area contributed by atoms with Gasteiger partial charge in [0.1, 0.15) is 0 Å². The molecule has 1 aromatic carbocycles. The average molecular weight is 320 g/mol. The lowest BCUT2D eigenvalue weighted by atomic mass is 9.87. The highest BCUT2D eigenvalue weighted by Gasteiger charge is 2.61. The van der Waals surface area contributed by atoms with Crippen molar-refractivity contribution in [2.45, 2.75) is 32.2 Å². The summed E-state index contributed by atoms with van der Waals surface area (Å²) in [5.41, 5.74) is 4.19. The van der Waals surface area contributed by atoms with Gasteiger partial charge in [0, 0.05) is 36.5 Å². The van der Waals surface area contributed by atoms with Crippen LogP contribution in [0.25, 0.3) is 5.65 Å². The summed E-state index contributed by atoms with van der Waals surface area (Å²) in [5.74, 6) is 0. The van der Waals surface area contributed by atoms with E-state index in [1.165, 1.54) is 17.5 Å². The molecule has 0 N–H and O–H groups in total. The van der Waals surface area contributed by atoms with Crippen LogP contribution in [0.4, 0.5) is 0 Å². The van der Waals surface area contributed by atoms with Crippen LogP contribution < -0.4 is 0 Å². The zero-order valence-electron chi connectivity index (χ0n) is 14.6. The van der Waals surface area contributed by atoms with E-state index in [-0.39, 0.29) is 5.41 Å². The Kier molecular flexibility index (Phi) is 3.46. The fourth-order valence-corrected chi connectivity index (χ4v) is 4.12. The highest BCUT2D eigenvalue weighted by atomic mass is 15.2. The largest absolute Gasteiger partial charge is 0.301 e. The molecule has 1 atom stereocenters. The van der Waals surface area contributed by atoms with Gasteiger partial charge in [0.25, 0.3) is 0 Å². The summed E-state index contributed by atoms with van der Waals surface area (Å²) in [6, 6.07) is 12.9. The molecule has 1 saturated carbocycles. The Labute approximate surface area is 143 Å². The predicted molar refractivity (Wildman–Crippen MR) is 95.8 cm³/mol. The first-order chi connectivity index (χ1) is 11.5. The number of rotatable bonds is 5. The minimum absolute atomic E-state index is 0.249. The summed E-state index contributed by atoms with van der Waals surface area (Å²) in [6.45, 7) is 6.68. The summed E-state index contributed by atoms with van der Waals surface area (Å²) in [5, 5.41) is 4.40. The number of hydrogen-bond donors (Lipinski definition) is 0. The van der Waals surface area contributed by atoms with Gasteiger partial charge in [-0.25, -0.2) is 9.50 Å². The second kappa shape index (κ2) is 5.42. The van der Waals surface area contributed by atoms with Gasteiger partial charge in [0.15, 0.2) is 5.65 Å². The molecule has 2 aromatic heterocycles. The van der Waals surface area contributed by atoms with E-state index >= 15 is 0 Å². The molecule has 1 unspecified atom stereocenters.